The highest BCUT2D eigenvalue weighted by molar-refractivity contribution is 5.85. The minimum Gasteiger partial charge on any atom is -0.355 e. The number of nitrogens with one attached hydrogen (secondary N) is 2. The highest BCUT2D eigenvalue weighted by Crippen LogP contribution is 2.14. The largest absolute Gasteiger partial charge is 0.355 e. The van der Waals surface area contributed by atoms with Crippen LogP contribution in [-0.2, 0) is 11.2 Å². The van der Waals surface area contributed by atoms with E-state index in [-0.39, 0.29) is 24.0 Å². The van der Waals surface area contributed by atoms with E-state index in [2.05, 4.69) is 17.6 Å². The minimum absolute atomic E-state index is 0. The molecule has 6 nitrogen and oxygen atoms in total. The van der Waals surface area contributed by atoms with Crippen molar-refractivity contribution in [3.05, 3.63) is 39.9 Å². The van der Waals surface area contributed by atoms with Crippen LogP contribution in [0.3, 0.4) is 0 Å². The molecule has 7 heteroatoms. The number of aryl methyl sites for hydroxylation is 1. The third-order valence-electron chi connectivity index (χ3n) is 2.81. The first-order valence-electron chi connectivity index (χ1n) is 6.84. The second-order valence-corrected chi connectivity index (χ2v) is 4.53. The van der Waals surface area contributed by atoms with Crippen LogP contribution in [0.1, 0.15) is 25.3 Å². The Morgan fingerprint density at radius 3 is 2.71 bits per heavy atom. The lowest BCUT2D eigenvalue weighted by Gasteiger charge is -2.06. The zero-order valence-electron chi connectivity index (χ0n) is 12.1. The van der Waals surface area contributed by atoms with E-state index < -0.39 is 4.92 Å². The number of benzene rings is 1. The summed E-state index contributed by atoms with van der Waals surface area (Å²) in [6, 6.07) is 6.39. The molecule has 0 heterocycles. The molecule has 0 atom stereocenters. The highest BCUT2D eigenvalue weighted by Gasteiger charge is 2.07. The van der Waals surface area contributed by atoms with Crippen LogP contribution in [0.5, 0.6) is 0 Å². The number of amides is 1. The maximum absolute atomic E-state index is 11.6. The van der Waals surface area contributed by atoms with Crippen molar-refractivity contribution in [1.29, 1.82) is 0 Å². The molecule has 0 aliphatic heterocycles. The van der Waals surface area contributed by atoms with Crippen molar-refractivity contribution in [2.75, 3.05) is 19.6 Å². The zero-order valence-corrected chi connectivity index (χ0v) is 12.9. The van der Waals surface area contributed by atoms with E-state index in [1.54, 1.807) is 12.1 Å². The lowest BCUT2D eigenvalue weighted by Crippen LogP contribution is -2.32. The topological polar surface area (TPSA) is 84.3 Å². The van der Waals surface area contributed by atoms with E-state index in [0.717, 1.165) is 25.1 Å². The average Bonchev–Trinajstić information content (AvgIpc) is 2.45. The van der Waals surface area contributed by atoms with Crippen LogP contribution < -0.4 is 10.6 Å². The maximum atomic E-state index is 11.6. The molecule has 1 amide bonds. The molecular weight excluding hydrogens is 294 g/mol. The average molecular weight is 316 g/mol. The van der Waals surface area contributed by atoms with Gasteiger partial charge in [0.2, 0.25) is 5.91 Å². The van der Waals surface area contributed by atoms with Crippen LogP contribution in [0.4, 0.5) is 5.69 Å². The molecule has 0 bridgehead atoms. The summed E-state index contributed by atoms with van der Waals surface area (Å²) in [5.41, 5.74) is 0.866. The van der Waals surface area contributed by atoms with E-state index in [9.17, 15) is 14.9 Å². The molecule has 21 heavy (non-hydrogen) atoms. The van der Waals surface area contributed by atoms with Gasteiger partial charge in [-0.15, -0.1) is 12.4 Å². The van der Waals surface area contributed by atoms with Crippen molar-refractivity contribution < 1.29 is 9.72 Å². The molecule has 0 saturated heterocycles. The van der Waals surface area contributed by atoms with Crippen molar-refractivity contribution in [2.45, 2.75) is 26.2 Å². The van der Waals surface area contributed by atoms with Crippen molar-refractivity contribution in [1.82, 2.24) is 10.6 Å². The second-order valence-electron chi connectivity index (χ2n) is 4.53. The van der Waals surface area contributed by atoms with Crippen LogP contribution in [0.25, 0.3) is 0 Å². The van der Waals surface area contributed by atoms with Crippen molar-refractivity contribution in [3.8, 4) is 0 Å². The van der Waals surface area contributed by atoms with E-state index in [0.29, 0.717) is 19.4 Å². The van der Waals surface area contributed by atoms with Gasteiger partial charge in [0, 0.05) is 31.6 Å². The summed E-state index contributed by atoms with van der Waals surface area (Å²) in [5, 5.41) is 16.6. The number of non-ortho nitro benzene ring substituents is 1. The normalized spacial score (nSPS) is 9.76. The standard InChI is InChI=1S/C14H21N3O3.ClH/c1-2-8-15-9-10-16-14(18)7-6-12-4-3-5-13(11-12)17(19)20;/h3-5,11,15H,2,6-10H2,1H3,(H,16,18);1H. The zero-order chi connectivity index (χ0) is 14.8. The van der Waals surface area contributed by atoms with E-state index >= 15 is 0 Å². The number of hydrogen-bond donors (Lipinski definition) is 2. The molecule has 0 aliphatic carbocycles. The summed E-state index contributed by atoms with van der Waals surface area (Å²) in [6.07, 6.45) is 1.92. The van der Waals surface area contributed by atoms with Crippen molar-refractivity contribution in [3.63, 3.8) is 0 Å². The van der Waals surface area contributed by atoms with E-state index in [4.69, 9.17) is 0 Å². The number of nitro groups is 1. The fourth-order valence-electron chi connectivity index (χ4n) is 1.76. The molecule has 0 spiro atoms. The Balaban J connectivity index is 0.00000400. The van der Waals surface area contributed by atoms with Gasteiger partial charge in [-0.1, -0.05) is 19.1 Å². The third kappa shape index (κ3) is 8.27. The van der Waals surface area contributed by atoms with Crippen LogP contribution in [0.2, 0.25) is 0 Å². The monoisotopic (exact) mass is 315 g/mol. The maximum Gasteiger partial charge on any atom is 0.269 e. The summed E-state index contributed by atoms with van der Waals surface area (Å²) in [7, 11) is 0. The Kier molecular flexibility index (Phi) is 10.2. The summed E-state index contributed by atoms with van der Waals surface area (Å²) in [6.45, 7) is 4.40. The smallest absolute Gasteiger partial charge is 0.269 e. The van der Waals surface area contributed by atoms with Crippen molar-refractivity contribution >= 4 is 24.0 Å². The van der Waals surface area contributed by atoms with Gasteiger partial charge in [-0.2, -0.15) is 0 Å². The Morgan fingerprint density at radius 2 is 2.05 bits per heavy atom. The van der Waals surface area contributed by atoms with E-state index in [1.807, 2.05) is 0 Å². The molecule has 2 N–H and O–H groups in total. The van der Waals surface area contributed by atoms with Gasteiger partial charge in [-0.25, -0.2) is 0 Å². The van der Waals surface area contributed by atoms with Crippen LogP contribution in [0.15, 0.2) is 24.3 Å². The van der Waals surface area contributed by atoms with Crippen molar-refractivity contribution in [2.24, 2.45) is 0 Å². The van der Waals surface area contributed by atoms with E-state index in [1.165, 1.54) is 12.1 Å². The molecule has 0 fully saturated rings. The molecule has 0 unspecified atom stereocenters. The Hall–Kier alpha value is -1.66. The summed E-state index contributed by atoms with van der Waals surface area (Å²) in [4.78, 5) is 21.8. The van der Waals surface area contributed by atoms with Gasteiger partial charge in [0.25, 0.3) is 5.69 Å². The molecule has 0 saturated carbocycles. The molecule has 0 radical (unpaired) electrons. The van der Waals surface area contributed by atoms with Crippen LogP contribution in [-0.4, -0.2) is 30.5 Å². The first-order valence-corrected chi connectivity index (χ1v) is 6.84. The summed E-state index contributed by atoms with van der Waals surface area (Å²) < 4.78 is 0. The number of halogens is 1. The molecule has 1 rings (SSSR count). The Bertz CT molecular complexity index is 455. The fraction of sp³-hybridized carbons (Fsp3) is 0.500. The predicted octanol–water partition coefficient (Wildman–Crippen LogP) is 2.06. The first-order chi connectivity index (χ1) is 9.63. The van der Waals surface area contributed by atoms with Gasteiger partial charge < -0.3 is 10.6 Å². The first kappa shape index (κ1) is 19.3. The second kappa shape index (κ2) is 11.0. The molecular formula is C14H22ClN3O3. The van der Waals surface area contributed by atoms with Crippen LogP contribution >= 0.6 is 12.4 Å². The highest BCUT2D eigenvalue weighted by atomic mass is 35.5. The summed E-state index contributed by atoms with van der Waals surface area (Å²) >= 11 is 0. The number of hydrogen-bond acceptors (Lipinski definition) is 4. The molecule has 118 valence electrons. The molecule has 1 aromatic carbocycles. The number of nitro benzene ring substituents is 1. The van der Waals surface area contributed by atoms with Gasteiger partial charge in [-0.05, 0) is 24.9 Å². The minimum atomic E-state index is -0.428. The third-order valence-corrected chi connectivity index (χ3v) is 2.81. The van der Waals surface area contributed by atoms with Crippen LogP contribution in [0, 0.1) is 10.1 Å². The molecule has 1 aromatic rings. The number of carbonyl (C=O) groups is 1. The van der Waals surface area contributed by atoms with Gasteiger partial charge in [0.15, 0.2) is 0 Å². The quantitative estimate of drug-likeness (QED) is 0.415. The van der Waals surface area contributed by atoms with Gasteiger partial charge in [-0.3, -0.25) is 14.9 Å². The number of carbonyl (C=O) groups excluding carboxylic acids is 1. The lowest BCUT2D eigenvalue weighted by atomic mass is 10.1. The number of rotatable bonds is 9. The Morgan fingerprint density at radius 1 is 1.29 bits per heavy atom. The summed E-state index contributed by atoms with van der Waals surface area (Å²) in [5.74, 6) is -0.0326. The number of nitrogens with zero attached hydrogens (tertiary/aromatic N) is 1. The SMILES string of the molecule is CCCNCCNC(=O)CCc1cccc([N+](=O)[O-])c1.Cl. The van der Waals surface area contributed by atoms with Gasteiger partial charge >= 0.3 is 0 Å². The van der Waals surface area contributed by atoms with Gasteiger partial charge in [0.05, 0.1) is 4.92 Å². The molecule has 0 aromatic heterocycles. The lowest BCUT2D eigenvalue weighted by molar-refractivity contribution is -0.384. The van der Waals surface area contributed by atoms with Gasteiger partial charge in [0.1, 0.15) is 0 Å². The predicted molar refractivity (Wildman–Crippen MR) is 84.8 cm³/mol. The Labute approximate surface area is 130 Å². The fourth-order valence-corrected chi connectivity index (χ4v) is 1.76. The molecule has 0 aliphatic rings.